The highest BCUT2D eigenvalue weighted by Gasteiger charge is 2.34. The van der Waals surface area contributed by atoms with Gasteiger partial charge in [-0.25, -0.2) is 0 Å². The van der Waals surface area contributed by atoms with Crippen molar-refractivity contribution < 1.29 is 14.5 Å². The fourth-order valence-corrected chi connectivity index (χ4v) is 2.54. The third-order valence-corrected chi connectivity index (χ3v) is 4.04. The van der Waals surface area contributed by atoms with Gasteiger partial charge in [0.2, 0.25) is 5.91 Å². The lowest BCUT2D eigenvalue weighted by atomic mass is 9.90. The average molecular weight is 344 g/mol. The molecule has 1 atom stereocenters. The van der Waals surface area contributed by atoms with E-state index in [0.29, 0.717) is 19.6 Å². The van der Waals surface area contributed by atoms with E-state index in [2.05, 4.69) is 6.92 Å². The molecule has 0 aromatic heterocycles. The van der Waals surface area contributed by atoms with Gasteiger partial charge in [-0.1, -0.05) is 19.1 Å². The Morgan fingerprint density at radius 2 is 2.17 bits per heavy atom. The number of nitrogens with zero attached hydrogens (tertiary/aromatic N) is 2. The van der Waals surface area contributed by atoms with Crippen LogP contribution in [0.5, 0.6) is 5.75 Å². The molecule has 0 bridgehead atoms. The zero-order valence-electron chi connectivity index (χ0n) is 13.1. The van der Waals surface area contributed by atoms with Crippen LogP contribution in [0.25, 0.3) is 0 Å². The van der Waals surface area contributed by atoms with E-state index in [9.17, 15) is 14.9 Å². The van der Waals surface area contributed by atoms with Crippen LogP contribution in [0.4, 0.5) is 5.69 Å². The van der Waals surface area contributed by atoms with Crippen molar-refractivity contribution in [2.24, 2.45) is 11.1 Å². The number of carbonyl (C=O) groups excluding carboxylic acids is 1. The molecule has 2 N–H and O–H groups in total. The third kappa shape index (κ3) is 4.80. The van der Waals surface area contributed by atoms with Gasteiger partial charge in [0, 0.05) is 19.2 Å². The van der Waals surface area contributed by atoms with Gasteiger partial charge >= 0.3 is 5.69 Å². The van der Waals surface area contributed by atoms with Crippen LogP contribution in [0, 0.1) is 15.5 Å². The first-order valence-corrected chi connectivity index (χ1v) is 7.29. The van der Waals surface area contributed by atoms with Gasteiger partial charge < -0.3 is 15.4 Å². The van der Waals surface area contributed by atoms with E-state index in [1.807, 2.05) is 0 Å². The third-order valence-electron chi connectivity index (χ3n) is 4.04. The Kier molecular flexibility index (Phi) is 6.78. The molecule has 1 aromatic rings. The molecule has 1 fully saturated rings. The van der Waals surface area contributed by atoms with E-state index in [0.717, 1.165) is 6.42 Å². The summed E-state index contributed by atoms with van der Waals surface area (Å²) in [5.74, 6) is 0.185. The summed E-state index contributed by atoms with van der Waals surface area (Å²) in [6.07, 6.45) is 1.10. The minimum absolute atomic E-state index is 0. The Hall–Kier alpha value is -1.86. The van der Waals surface area contributed by atoms with Gasteiger partial charge in [0.05, 0.1) is 18.0 Å². The molecule has 1 aliphatic rings. The number of halogens is 1. The standard InChI is InChI=1S/C15H21N3O4.ClH/c1-15(10-16)7-8-17(11-15)14(19)6-9-22-13-5-3-2-4-12(13)18(20)21;/h2-5H,6-11,16H2,1H3;1H. The number of nitro benzene ring substituents is 1. The molecule has 1 aromatic carbocycles. The van der Waals surface area contributed by atoms with Crippen LogP contribution in [-0.2, 0) is 4.79 Å². The summed E-state index contributed by atoms with van der Waals surface area (Å²) in [7, 11) is 0. The van der Waals surface area contributed by atoms with E-state index >= 15 is 0 Å². The molecule has 8 heteroatoms. The zero-order valence-corrected chi connectivity index (χ0v) is 13.9. The monoisotopic (exact) mass is 343 g/mol. The minimum Gasteiger partial charge on any atom is -0.486 e. The lowest BCUT2D eigenvalue weighted by Gasteiger charge is -2.22. The largest absolute Gasteiger partial charge is 0.486 e. The van der Waals surface area contributed by atoms with Crippen LogP contribution in [0.2, 0.25) is 0 Å². The fraction of sp³-hybridized carbons (Fsp3) is 0.533. The first kappa shape index (κ1) is 19.2. The SMILES string of the molecule is CC1(CN)CCN(C(=O)CCOc2ccccc2[N+](=O)[O-])C1.Cl. The molecule has 1 unspecified atom stereocenters. The second-order valence-corrected chi connectivity index (χ2v) is 5.90. The van der Waals surface area contributed by atoms with Crippen molar-refractivity contribution >= 4 is 24.0 Å². The van der Waals surface area contributed by atoms with E-state index in [1.165, 1.54) is 12.1 Å². The highest BCUT2D eigenvalue weighted by atomic mass is 35.5. The van der Waals surface area contributed by atoms with Gasteiger partial charge in [-0.05, 0) is 24.4 Å². The van der Waals surface area contributed by atoms with Crippen LogP contribution in [0.15, 0.2) is 24.3 Å². The van der Waals surface area contributed by atoms with Crippen LogP contribution < -0.4 is 10.5 Å². The Morgan fingerprint density at radius 1 is 1.48 bits per heavy atom. The number of nitro groups is 1. The van der Waals surface area contributed by atoms with Gasteiger partial charge in [0.1, 0.15) is 0 Å². The Bertz CT molecular complexity index is 569. The molecule has 0 aliphatic carbocycles. The molecule has 2 rings (SSSR count). The van der Waals surface area contributed by atoms with E-state index < -0.39 is 4.92 Å². The van der Waals surface area contributed by atoms with Crippen molar-refractivity contribution in [1.82, 2.24) is 4.90 Å². The maximum Gasteiger partial charge on any atom is 0.310 e. The molecule has 23 heavy (non-hydrogen) atoms. The lowest BCUT2D eigenvalue weighted by Crippen LogP contribution is -2.35. The Balaban J connectivity index is 0.00000264. The van der Waals surface area contributed by atoms with Gasteiger partial charge in [-0.2, -0.15) is 0 Å². The first-order chi connectivity index (χ1) is 10.4. The summed E-state index contributed by atoms with van der Waals surface area (Å²) in [5.41, 5.74) is 5.63. The quantitative estimate of drug-likeness (QED) is 0.629. The average Bonchev–Trinajstić information content (AvgIpc) is 2.91. The molecule has 0 saturated carbocycles. The summed E-state index contributed by atoms with van der Waals surface area (Å²) in [6, 6.07) is 6.15. The second-order valence-electron chi connectivity index (χ2n) is 5.90. The number of hydrogen-bond donors (Lipinski definition) is 1. The number of hydrogen-bond acceptors (Lipinski definition) is 5. The summed E-state index contributed by atoms with van der Waals surface area (Å²) in [6.45, 7) is 4.12. The number of para-hydroxylation sites is 2. The maximum absolute atomic E-state index is 12.1. The molecule has 1 saturated heterocycles. The zero-order chi connectivity index (χ0) is 16.2. The van der Waals surface area contributed by atoms with E-state index in [-0.39, 0.29) is 48.2 Å². The molecule has 7 nitrogen and oxygen atoms in total. The van der Waals surface area contributed by atoms with Gasteiger partial charge in [-0.3, -0.25) is 14.9 Å². The summed E-state index contributed by atoms with van der Waals surface area (Å²) in [5, 5.41) is 10.9. The van der Waals surface area contributed by atoms with Crippen LogP contribution in [0.1, 0.15) is 19.8 Å². The number of ether oxygens (including phenoxy) is 1. The van der Waals surface area contributed by atoms with Crippen molar-refractivity contribution in [3.05, 3.63) is 34.4 Å². The van der Waals surface area contributed by atoms with Crippen LogP contribution >= 0.6 is 12.4 Å². The van der Waals surface area contributed by atoms with Gasteiger partial charge in [-0.15, -0.1) is 12.4 Å². The summed E-state index contributed by atoms with van der Waals surface area (Å²) in [4.78, 5) is 24.3. The molecular formula is C15H22ClN3O4. The topological polar surface area (TPSA) is 98.7 Å². The van der Waals surface area contributed by atoms with Crippen molar-refractivity contribution in [1.29, 1.82) is 0 Å². The predicted octanol–water partition coefficient (Wildman–Crippen LogP) is 1.98. The van der Waals surface area contributed by atoms with Crippen molar-refractivity contribution in [3.8, 4) is 5.75 Å². The molecule has 1 aliphatic heterocycles. The second kappa shape index (κ2) is 8.12. The number of benzene rings is 1. The Morgan fingerprint density at radius 3 is 2.78 bits per heavy atom. The smallest absolute Gasteiger partial charge is 0.310 e. The maximum atomic E-state index is 12.1. The van der Waals surface area contributed by atoms with Crippen LogP contribution in [0.3, 0.4) is 0 Å². The van der Waals surface area contributed by atoms with Crippen LogP contribution in [-0.4, -0.2) is 42.0 Å². The summed E-state index contributed by atoms with van der Waals surface area (Å²) >= 11 is 0. The fourth-order valence-electron chi connectivity index (χ4n) is 2.54. The van der Waals surface area contributed by atoms with E-state index in [4.69, 9.17) is 10.5 Å². The van der Waals surface area contributed by atoms with Gasteiger partial charge in [0.25, 0.3) is 0 Å². The molecule has 1 amide bonds. The van der Waals surface area contributed by atoms with Crippen molar-refractivity contribution in [2.75, 3.05) is 26.2 Å². The molecular weight excluding hydrogens is 322 g/mol. The highest BCUT2D eigenvalue weighted by molar-refractivity contribution is 5.85. The van der Waals surface area contributed by atoms with E-state index in [1.54, 1.807) is 17.0 Å². The number of carbonyl (C=O) groups is 1. The molecule has 0 radical (unpaired) electrons. The molecule has 0 spiro atoms. The van der Waals surface area contributed by atoms with Crippen molar-refractivity contribution in [2.45, 2.75) is 19.8 Å². The highest BCUT2D eigenvalue weighted by Crippen LogP contribution is 2.29. The number of likely N-dealkylation sites (tertiary alicyclic amines) is 1. The lowest BCUT2D eigenvalue weighted by molar-refractivity contribution is -0.385. The minimum atomic E-state index is -0.496. The van der Waals surface area contributed by atoms with Crippen molar-refractivity contribution in [3.63, 3.8) is 0 Å². The number of rotatable bonds is 6. The normalized spacial score (nSPS) is 20.0. The summed E-state index contributed by atoms with van der Waals surface area (Å²) < 4.78 is 5.39. The number of nitrogens with two attached hydrogens (primary N) is 1. The first-order valence-electron chi connectivity index (χ1n) is 7.29. The van der Waals surface area contributed by atoms with Gasteiger partial charge in [0.15, 0.2) is 5.75 Å². The molecule has 1 heterocycles. The number of amides is 1. The Labute approximate surface area is 141 Å². The molecule has 128 valence electrons. The predicted molar refractivity (Wildman–Crippen MR) is 88.8 cm³/mol.